The molecule has 1 amide bonds. The molecule has 10 heteroatoms. The number of phenolic OH excluding ortho intramolecular Hbond substituents is 2. The van der Waals surface area contributed by atoms with Crippen molar-refractivity contribution in [3.63, 3.8) is 0 Å². The van der Waals surface area contributed by atoms with Crippen LogP contribution in [-0.4, -0.2) is 31.6 Å². The van der Waals surface area contributed by atoms with Crippen LogP contribution in [0.3, 0.4) is 0 Å². The number of benzene rings is 2. The first-order valence-electron chi connectivity index (χ1n) is 7.94. The van der Waals surface area contributed by atoms with Gasteiger partial charge < -0.3 is 15.5 Å². The number of carbonyl (C=O) groups is 1. The maximum absolute atomic E-state index is 12.8. The molecule has 0 atom stereocenters. The van der Waals surface area contributed by atoms with Crippen LogP contribution in [-0.2, 0) is 10.0 Å². The summed E-state index contributed by atoms with van der Waals surface area (Å²) in [6, 6.07) is 5.58. The van der Waals surface area contributed by atoms with Crippen LogP contribution in [0.1, 0.15) is 34.7 Å². The number of aromatic hydroxyl groups is 2. The normalized spacial score (nSPS) is 14.0. The molecule has 0 aromatic heterocycles. The molecule has 0 spiro atoms. The number of amides is 1. The molecule has 0 heterocycles. The number of carbonyl (C=O) groups excluding carboxylic acids is 1. The van der Waals surface area contributed by atoms with Crippen LogP contribution in [0.15, 0.2) is 33.6 Å². The number of sulfonamides is 1. The van der Waals surface area contributed by atoms with Crippen molar-refractivity contribution in [2.75, 3.05) is 11.8 Å². The van der Waals surface area contributed by atoms with Crippen molar-refractivity contribution in [3.8, 4) is 11.5 Å². The Kier molecular flexibility index (Phi) is 5.29. The summed E-state index contributed by atoms with van der Waals surface area (Å²) in [4.78, 5) is 11.6. The van der Waals surface area contributed by atoms with Crippen LogP contribution in [0.5, 0.6) is 11.5 Å². The fourth-order valence-corrected chi connectivity index (χ4v) is 4.86. The van der Waals surface area contributed by atoms with Gasteiger partial charge in [0.25, 0.3) is 15.9 Å². The molecule has 4 N–H and O–H groups in total. The lowest BCUT2D eigenvalue weighted by molar-refractivity contribution is 0.0960. The lowest BCUT2D eigenvalue weighted by atomic mass is 10.0. The first-order chi connectivity index (χ1) is 12.6. The zero-order chi connectivity index (χ0) is 19.9. The van der Waals surface area contributed by atoms with E-state index in [-0.39, 0.29) is 22.2 Å². The third-order valence-corrected chi connectivity index (χ3v) is 6.30. The van der Waals surface area contributed by atoms with E-state index in [1.807, 2.05) is 0 Å². The summed E-state index contributed by atoms with van der Waals surface area (Å²) in [7, 11) is -2.88. The van der Waals surface area contributed by atoms with Crippen LogP contribution in [0, 0.1) is 0 Å². The lowest BCUT2D eigenvalue weighted by Gasteiger charge is -2.15. The lowest BCUT2D eigenvalue weighted by Crippen LogP contribution is -2.19. The van der Waals surface area contributed by atoms with E-state index in [1.165, 1.54) is 25.2 Å². The van der Waals surface area contributed by atoms with Gasteiger partial charge in [-0.15, -0.1) is 0 Å². The largest absolute Gasteiger partial charge is 0.505 e. The van der Waals surface area contributed by atoms with Crippen LogP contribution in [0.4, 0.5) is 5.69 Å². The molecule has 0 saturated heterocycles. The topological polar surface area (TPSA) is 116 Å². The zero-order valence-corrected chi connectivity index (χ0v) is 17.2. The second-order valence-electron chi connectivity index (χ2n) is 6.16. The van der Waals surface area contributed by atoms with E-state index in [1.54, 1.807) is 6.07 Å². The van der Waals surface area contributed by atoms with Crippen molar-refractivity contribution in [2.24, 2.45) is 0 Å². The summed E-state index contributed by atoms with van der Waals surface area (Å²) in [5, 5.41) is 22.7. The molecule has 1 aliphatic carbocycles. The summed E-state index contributed by atoms with van der Waals surface area (Å²) >= 11 is 8.97. The fourth-order valence-electron chi connectivity index (χ4n) is 2.64. The van der Waals surface area contributed by atoms with Crippen LogP contribution in [0.25, 0.3) is 0 Å². The van der Waals surface area contributed by atoms with E-state index in [2.05, 4.69) is 26.0 Å². The Labute approximate surface area is 169 Å². The Morgan fingerprint density at radius 2 is 1.85 bits per heavy atom. The fraction of sp³-hybridized carbons (Fsp3) is 0.235. The van der Waals surface area contributed by atoms with Crippen molar-refractivity contribution >= 4 is 49.1 Å². The van der Waals surface area contributed by atoms with Crippen molar-refractivity contribution in [2.45, 2.75) is 23.7 Å². The van der Waals surface area contributed by atoms with Crippen LogP contribution < -0.4 is 10.0 Å². The number of anilines is 1. The van der Waals surface area contributed by atoms with Crippen molar-refractivity contribution in [3.05, 3.63) is 44.9 Å². The summed E-state index contributed by atoms with van der Waals surface area (Å²) < 4.78 is 28.1. The molecule has 2 aromatic rings. The Hall–Kier alpha value is -1.97. The van der Waals surface area contributed by atoms with E-state index in [0.717, 1.165) is 18.4 Å². The predicted octanol–water partition coefficient (Wildman–Crippen LogP) is 3.55. The molecule has 2 aromatic carbocycles. The molecule has 0 radical (unpaired) electrons. The molecule has 0 bridgehead atoms. The molecule has 1 aliphatic rings. The second-order valence-corrected chi connectivity index (χ2v) is 9.13. The highest BCUT2D eigenvalue weighted by Gasteiger charge is 2.29. The highest BCUT2D eigenvalue weighted by Crippen LogP contribution is 2.44. The average Bonchev–Trinajstić information content (AvgIpc) is 3.44. The molecule has 1 saturated carbocycles. The van der Waals surface area contributed by atoms with Gasteiger partial charge >= 0.3 is 0 Å². The molecule has 1 fully saturated rings. The van der Waals surface area contributed by atoms with E-state index >= 15 is 0 Å². The third kappa shape index (κ3) is 3.99. The number of nitrogens with one attached hydrogen (secondary N) is 2. The Morgan fingerprint density at radius 1 is 1.19 bits per heavy atom. The quantitative estimate of drug-likeness (QED) is 0.494. The molecule has 7 nitrogen and oxygen atoms in total. The summed E-state index contributed by atoms with van der Waals surface area (Å²) in [6.07, 6.45) is 1.85. The van der Waals surface area contributed by atoms with E-state index < -0.39 is 32.3 Å². The first-order valence-corrected chi connectivity index (χ1v) is 10.6. The molecule has 0 aliphatic heterocycles. The van der Waals surface area contributed by atoms with Gasteiger partial charge in [0.1, 0.15) is 4.90 Å². The third-order valence-electron chi connectivity index (χ3n) is 4.18. The minimum atomic E-state index is -4.29. The van der Waals surface area contributed by atoms with E-state index in [4.69, 9.17) is 11.6 Å². The Bertz CT molecular complexity index is 1040. The molecular formula is C17H16BrClN2O5S. The molecule has 27 heavy (non-hydrogen) atoms. The zero-order valence-electron chi connectivity index (χ0n) is 14.1. The van der Waals surface area contributed by atoms with Gasteiger partial charge in [-0.1, -0.05) is 27.5 Å². The highest BCUT2D eigenvalue weighted by molar-refractivity contribution is 9.10. The van der Waals surface area contributed by atoms with E-state index in [9.17, 15) is 23.4 Å². The van der Waals surface area contributed by atoms with Gasteiger partial charge in [0.2, 0.25) is 0 Å². The van der Waals surface area contributed by atoms with Crippen LogP contribution >= 0.6 is 27.5 Å². The Morgan fingerprint density at radius 3 is 2.44 bits per heavy atom. The SMILES string of the molecule is CNC(=O)c1cc(C2CC2)cc(NS(=O)(=O)c2cc(Br)cc(Cl)c2O)c1O. The van der Waals surface area contributed by atoms with Crippen molar-refractivity contribution < 1.29 is 23.4 Å². The first kappa shape index (κ1) is 19.8. The summed E-state index contributed by atoms with van der Waals surface area (Å²) in [5.41, 5.74) is 0.574. The maximum Gasteiger partial charge on any atom is 0.265 e. The highest BCUT2D eigenvalue weighted by atomic mass is 79.9. The van der Waals surface area contributed by atoms with Crippen molar-refractivity contribution in [1.82, 2.24) is 5.32 Å². The van der Waals surface area contributed by atoms with Gasteiger partial charge in [-0.3, -0.25) is 9.52 Å². The molecular weight excluding hydrogens is 460 g/mol. The van der Waals surface area contributed by atoms with Gasteiger partial charge in [0, 0.05) is 11.5 Å². The summed E-state index contributed by atoms with van der Waals surface area (Å²) in [5.74, 6) is -1.44. The van der Waals surface area contributed by atoms with E-state index in [0.29, 0.717) is 4.47 Å². The predicted molar refractivity (Wildman–Crippen MR) is 105 cm³/mol. The standard InChI is InChI=1S/C17H16BrClN2O5S/c1-20-17(24)11-4-9(8-2-3-8)5-13(15(11)22)21-27(25,26)14-7-10(18)6-12(19)16(14)23/h4-8,21-23H,2-3H2,1H3,(H,20,24). The van der Waals surface area contributed by atoms with Crippen molar-refractivity contribution in [1.29, 1.82) is 0 Å². The number of halogens is 2. The second kappa shape index (κ2) is 7.21. The number of rotatable bonds is 5. The number of hydrogen-bond acceptors (Lipinski definition) is 5. The van der Waals surface area contributed by atoms with Gasteiger partial charge in [0.15, 0.2) is 11.5 Å². The maximum atomic E-state index is 12.8. The minimum absolute atomic E-state index is 0.0314. The molecule has 0 unspecified atom stereocenters. The Balaban J connectivity index is 2.09. The average molecular weight is 476 g/mol. The minimum Gasteiger partial charge on any atom is -0.505 e. The van der Waals surface area contributed by atoms with Gasteiger partial charge in [-0.2, -0.15) is 0 Å². The monoisotopic (exact) mass is 474 g/mol. The smallest absolute Gasteiger partial charge is 0.265 e. The van der Waals surface area contributed by atoms with Gasteiger partial charge in [-0.05, 0) is 48.6 Å². The van der Waals surface area contributed by atoms with Crippen LogP contribution in [0.2, 0.25) is 5.02 Å². The van der Waals surface area contributed by atoms with Gasteiger partial charge in [0.05, 0.1) is 16.3 Å². The van der Waals surface area contributed by atoms with Gasteiger partial charge in [-0.25, -0.2) is 8.42 Å². The molecule has 144 valence electrons. The summed E-state index contributed by atoms with van der Waals surface area (Å²) in [6.45, 7) is 0. The number of phenols is 2. The molecule has 3 rings (SSSR count). The number of hydrogen-bond donors (Lipinski definition) is 4.